The minimum atomic E-state index is -0.599. The molecule has 9 heteroatoms. The van der Waals surface area contributed by atoms with Gasteiger partial charge in [0.15, 0.2) is 11.5 Å². The van der Waals surface area contributed by atoms with Crippen LogP contribution in [0.5, 0.6) is 17.2 Å². The molecule has 230 valence electrons. The van der Waals surface area contributed by atoms with E-state index >= 15 is 0 Å². The van der Waals surface area contributed by atoms with Crippen LogP contribution in [0, 0.1) is 5.92 Å². The maximum Gasteiger partial charge on any atom is 0.410 e. The van der Waals surface area contributed by atoms with Crippen LogP contribution in [-0.2, 0) is 20.8 Å². The second-order valence-electron chi connectivity index (χ2n) is 11.9. The van der Waals surface area contributed by atoms with Crippen LogP contribution in [0.15, 0.2) is 48.5 Å². The maximum absolute atomic E-state index is 13.6. The Kier molecular flexibility index (Phi) is 11.0. The number of benzene rings is 2. The largest absolute Gasteiger partial charge is 0.494 e. The number of rotatable bonds is 10. The zero-order valence-electron chi connectivity index (χ0n) is 25.7. The molecule has 2 aromatic rings. The van der Waals surface area contributed by atoms with Gasteiger partial charge in [0, 0.05) is 25.0 Å². The van der Waals surface area contributed by atoms with Crippen molar-refractivity contribution in [2.24, 2.45) is 5.92 Å². The highest BCUT2D eigenvalue weighted by Gasteiger charge is 2.36. The van der Waals surface area contributed by atoms with Crippen molar-refractivity contribution in [3.8, 4) is 17.2 Å². The van der Waals surface area contributed by atoms with Crippen LogP contribution < -0.4 is 14.2 Å². The molecule has 2 aliphatic rings. The molecule has 4 rings (SSSR count). The predicted octanol–water partition coefficient (Wildman–Crippen LogP) is 5.70. The van der Waals surface area contributed by atoms with Crippen LogP contribution in [0.1, 0.15) is 58.9 Å². The van der Waals surface area contributed by atoms with Gasteiger partial charge in [-0.3, -0.25) is 4.79 Å². The molecule has 9 nitrogen and oxygen atoms in total. The standard InChI is InChI=1S/C33H46N2O7/c1-6-39-27-11-9-10-24(20-27)21-35(32(37)42-33(2,3)4)26-16-14-25(15-17-26)31(36)34-18-19-40-28(22-34)23-41-30-13-8-7-12-29(30)38-5/h7-13,20,25-26,28H,6,14-19,21-23H2,1-5H3. The number of carbonyl (C=O) groups excluding carboxylic acids is 2. The molecule has 1 atom stereocenters. The lowest BCUT2D eigenvalue weighted by Crippen LogP contribution is -2.51. The summed E-state index contributed by atoms with van der Waals surface area (Å²) in [6.07, 6.45) is 2.39. The van der Waals surface area contributed by atoms with Gasteiger partial charge in [-0.2, -0.15) is 0 Å². The molecular formula is C33H46N2O7. The van der Waals surface area contributed by atoms with Crippen molar-refractivity contribution in [2.75, 3.05) is 40.0 Å². The van der Waals surface area contributed by atoms with Crippen molar-refractivity contribution in [3.63, 3.8) is 0 Å². The van der Waals surface area contributed by atoms with E-state index in [-0.39, 0.29) is 30.1 Å². The number of morpholine rings is 1. The van der Waals surface area contributed by atoms with E-state index in [1.165, 1.54) is 0 Å². The maximum atomic E-state index is 13.6. The van der Waals surface area contributed by atoms with Gasteiger partial charge in [-0.25, -0.2) is 4.79 Å². The zero-order valence-corrected chi connectivity index (χ0v) is 25.7. The summed E-state index contributed by atoms with van der Waals surface area (Å²) in [6.45, 7) is 10.5. The van der Waals surface area contributed by atoms with Crippen LogP contribution in [-0.4, -0.2) is 79.6 Å². The van der Waals surface area contributed by atoms with Crippen molar-refractivity contribution in [1.29, 1.82) is 0 Å². The molecule has 1 aliphatic carbocycles. The van der Waals surface area contributed by atoms with E-state index in [2.05, 4.69) is 0 Å². The molecular weight excluding hydrogens is 536 g/mol. The van der Waals surface area contributed by atoms with Crippen molar-refractivity contribution < 1.29 is 33.3 Å². The summed E-state index contributed by atoms with van der Waals surface area (Å²) in [4.78, 5) is 30.6. The number of ether oxygens (including phenoxy) is 5. The molecule has 0 radical (unpaired) electrons. The molecule has 42 heavy (non-hydrogen) atoms. The van der Waals surface area contributed by atoms with Gasteiger partial charge in [-0.05, 0) is 83.2 Å². The van der Waals surface area contributed by atoms with Crippen LogP contribution >= 0.6 is 0 Å². The first-order valence-corrected chi connectivity index (χ1v) is 15.0. The van der Waals surface area contributed by atoms with Gasteiger partial charge < -0.3 is 33.5 Å². The van der Waals surface area contributed by atoms with E-state index in [0.29, 0.717) is 51.0 Å². The lowest BCUT2D eigenvalue weighted by Gasteiger charge is -2.39. The second kappa shape index (κ2) is 14.6. The Morgan fingerprint density at radius 1 is 1.00 bits per heavy atom. The van der Waals surface area contributed by atoms with E-state index in [1.54, 1.807) is 7.11 Å². The normalized spacial score (nSPS) is 20.9. The van der Waals surface area contributed by atoms with E-state index in [0.717, 1.165) is 37.0 Å². The van der Waals surface area contributed by atoms with E-state index in [9.17, 15) is 9.59 Å². The van der Waals surface area contributed by atoms with E-state index in [1.807, 2.05) is 86.0 Å². The Labute approximate surface area is 250 Å². The highest BCUT2D eigenvalue weighted by molar-refractivity contribution is 5.79. The average Bonchev–Trinajstić information content (AvgIpc) is 2.98. The smallest absolute Gasteiger partial charge is 0.410 e. The minimum Gasteiger partial charge on any atom is -0.494 e. The fourth-order valence-electron chi connectivity index (χ4n) is 5.59. The van der Waals surface area contributed by atoms with Crippen LogP contribution in [0.2, 0.25) is 0 Å². The van der Waals surface area contributed by atoms with Crippen molar-refractivity contribution in [2.45, 2.75) is 77.7 Å². The monoisotopic (exact) mass is 582 g/mol. The Morgan fingerprint density at radius 3 is 2.43 bits per heavy atom. The quantitative estimate of drug-likeness (QED) is 0.355. The van der Waals surface area contributed by atoms with E-state index in [4.69, 9.17) is 23.7 Å². The minimum absolute atomic E-state index is 0.00802. The third-order valence-corrected chi connectivity index (χ3v) is 7.62. The topological polar surface area (TPSA) is 86.8 Å². The lowest BCUT2D eigenvalue weighted by atomic mass is 9.84. The zero-order chi connectivity index (χ0) is 30.1. The Bertz CT molecular complexity index is 1170. The molecule has 2 amide bonds. The van der Waals surface area contributed by atoms with Gasteiger partial charge >= 0.3 is 6.09 Å². The first-order chi connectivity index (χ1) is 20.2. The fraction of sp³-hybridized carbons (Fsp3) is 0.576. The number of amides is 2. The molecule has 1 unspecified atom stereocenters. The van der Waals surface area contributed by atoms with Gasteiger partial charge in [0.25, 0.3) is 0 Å². The predicted molar refractivity (Wildman–Crippen MR) is 160 cm³/mol. The first-order valence-electron chi connectivity index (χ1n) is 15.0. The molecule has 0 aromatic heterocycles. The Hall–Kier alpha value is -3.46. The van der Waals surface area contributed by atoms with Gasteiger partial charge in [-0.1, -0.05) is 24.3 Å². The summed E-state index contributed by atoms with van der Waals surface area (Å²) >= 11 is 0. The molecule has 1 saturated carbocycles. The molecule has 0 N–H and O–H groups in total. The first kappa shape index (κ1) is 31.5. The van der Waals surface area contributed by atoms with E-state index < -0.39 is 5.60 Å². The van der Waals surface area contributed by atoms with Crippen LogP contribution in [0.4, 0.5) is 4.79 Å². The molecule has 2 aromatic carbocycles. The van der Waals surface area contributed by atoms with Crippen LogP contribution in [0.25, 0.3) is 0 Å². The number of hydrogen-bond donors (Lipinski definition) is 0. The number of hydrogen-bond acceptors (Lipinski definition) is 7. The van der Waals surface area contributed by atoms with Crippen LogP contribution in [0.3, 0.4) is 0 Å². The number of para-hydroxylation sites is 2. The Morgan fingerprint density at radius 2 is 1.74 bits per heavy atom. The highest BCUT2D eigenvalue weighted by Crippen LogP contribution is 2.32. The third kappa shape index (κ3) is 8.77. The number of carbonyl (C=O) groups is 2. The molecule has 0 spiro atoms. The second-order valence-corrected chi connectivity index (χ2v) is 11.9. The molecule has 0 bridgehead atoms. The summed E-state index contributed by atoms with van der Waals surface area (Å²) in [5, 5.41) is 0. The fourth-order valence-corrected chi connectivity index (χ4v) is 5.59. The number of nitrogens with zero attached hydrogens (tertiary/aromatic N) is 2. The van der Waals surface area contributed by atoms with Gasteiger partial charge in [-0.15, -0.1) is 0 Å². The summed E-state index contributed by atoms with van der Waals surface area (Å²) in [7, 11) is 1.61. The molecule has 2 fully saturated rings. The van der Waals surface area contributed by atoms with Gasteiger partial charge in [0.05, 0.1) is 26.9 Å². The SMILES string of the molecule is CCOc1cccc(CN(C(=O)OC(C)(C)C)C2CCC(C(=O)N3CCOC(COc4ccccc4OC)C3)CC2)c1. The summed E-state index contributed by atoms with van der Waals surface area (Å²) in [5.41, 5.74) is 0.387. The molecule has 1 heterocycles. The van der Waals surface area contributed by atoms with Crippen molar-refractivity contribution in [1.82, 2.24) is 9.80 Å². The summed E-state index contributed by atoms with van der Waals surface area (Å²) in [6, 6.07) is 15.3. The lowest BCUT2D eigenvalue weighted by molar-refractivity contribution is -0.145. The summed E-state index contributed by atoms with van der Waals surface area (Å²) in [5.74, 6) is 2.19. The highest BCUT2D eigenvalue weighted by atomic mass is 16.6. The van der Waals surface area contributed by atoms with Gasteiger partial charge in [0.1, 0.15) is 24.1 Å². The molecule has 1 aliphatic heterocycles. The van der Waals surface area contributed by atoms with Crippen molar-refractivity contribution >= 4 is 12.0 Å². The van der Waals surface area contributed by atoms with Crippen molar-refractivity contribution in [3.05, 3.63) is 54.1 Å². The molecule has 1 saturated heterocycles. The van der Waals surface area contributed by atoms with Gasteiger partial charge in [0.2, 0.25) is 5.91 Å². The average molecular weight is 583 g/mol. The Balaban J connectivity index is 1.34. The number of methoxy groups -OCH3 is 1. The third-order valence-electron chi connectivity index (χ3n) is 7.62. The summed E-state index contributed by atoms with van der Waals surface area (Å²) < 4.78 is 28.7.